The van der Waals surface area contributed by atoms with Crippen molar-refractivity contribution in [2.45, 2.75) is 32.2 Å². The van der Waals surface area contributed by atoms with Crippen molar-refractivity contribution in [1.29, 1.82) is 0 Å². The summed E-state index contributed by atoms with van der Waals surface area (Å²) in [6, 6.07) is 6.66. The summed E-state index contributed by atoms with van der Waals surface area (Å²) in [7, 11) is 0. The first-order chi connectivity index (χ1) is 13.5. The number of rotatable bonds is 4. The third-order valence-corrected chi connectivity index (χ3v) is 5.22. The van der Waals surface area contributed by atoms with Gasteiger partial charge in [0.05, 0.1) is 5.69 Å². The topological polar surface area (TPSA) is 96.8 Å². The largest absolute Gasteiger partial charge is 0.340 e. The van der Waals surface area contributed by atoms with E-state index in [1.165, 1.54) is 6.07 Å². The van der Waals surface area contributed by atoms with Crippen molar-refractivity contribution in [1.82, 2.24) is 29.6 Å². The van der Waals surface area contributed by atoms with Crippen molar-refractivity contribution in [2.75, 3.05) is 13.1 Å². The Hall–Kier alpha value is -3.29. The molecule has 3 aromatic rings. The molecule has 1 fully saturated rings. The van der Waals surface area contributed by atoms with E-state index in [1.54, 1.807) is 23.3 Å². The van der Waals surface area contributed by atoms with E-state index >= 15 is 0 Å². The first-order valence-electron chi connectivity index (χ1n) is 9.33. The molecule has 1 aliphatic rings. The number of hydrogen-bond donors (Lipinski definition) is 1. The Balaban J connectivity index is 1.53. The first kappa shape index (κ1) is 18.1. The van der Waals surface area contributed by atoms with Crippen LogP contribution >= 0.6 is 0 Å². The maximum atomic E-state index is 12.9. The molecule has 0 unspecified atom stereocenters. The Morgan fingerprint density at radius 3 is 2.75 bits per heavy atom. The molecular formula is C20H22N6O2. The molecule has 0 spiro atoms. The monoisotopic (exact) mass is 378 g/mol. The summed E-state index contributed by atoms with van der Waals surface area (Å²) in [6.07, 6.45) is 5.81. The number of likely N-dealkylation sites (tertiary alicyclic amines) is 1. The van der Waals surface area contributed by atoms with Crippen LogP contribution in [0.25, 0.3) is 11.3 Å². The average molecular weight is 378 g/mol. The molecule has 1 saturated heterocycles. The van der Waals surface area contributed by atoms with Gasteiger partial charge in [-0.05, 0) is 38.5 Å². The molecule has 1 aliphatic heterocycles. The van der Waals surface area contributed by atoms with Crippen molar-refractivity contribution in [3.05, 3.63) is 64.7 Å². The minimum absolute atomic E-state index is 0.00403. The van der Waals surface area contributed by atoms with E-state index in [4.69, 9.17) is 0 Å². The van der Waals surface area contributed by atoms with E-state index in [0.717, 1.165) is 17.7 Å². The molecule has 0 aliphatic carbocycles. The molecule has 3 aromatic heterocycles. The minimum Gasteiger partial charge on any atom is -0.340 e. The second-order valence-electron chi connectivity index (χ2n) is 7.11. The van der Waals surface area contributed by atoms with Gasteiger partial charge in [0.1, 0.15) is 11.9 Å². The normalized spacial score (nSPS) is 17.6. The fourth-order valence-electron chi connectivity index (χ4n) is 3.68. The standard InChI is InChI=1S/C20H22N6O2/c1-13-3-9-22-26(13)14(2)20(28)25-10-6-16(12-25)19-23-17(11-18(27)24-19)15-4-7-21-8-5-15/h3-5,7-9,11,14,16H,6,10,12H2,1-2H3,(H,23,24,27)/t14-,16-/m1/s1. The predicted octanol–water partition coefficient (Wildman–Crippen LogP) is 1.91. The molecule has 0 bridgehead atoms. The second kappa shape index (κ2) is 7.38. The summed E-state index contributed by atoms with van der Waals surface area (Å²) >= 11 is 0. The summed E-state index contributed by atoms with van der Waals surface area (Å²) in [5.74, 6) is 0.656. The molecule has 4 rings (SSSR count). The second-order valence-corrected chi connectivity index (χ2v) is 7.11. The molecule has 144 valence electrons. The van der Waals surface area contributed by atoms with Crippen molar-refractivity contribution < 1.29 is 4.79 Å². The van der Waals surface area contributed by atoms with Gasteiger partial charge in [-0.25, -0.2) is 4.98 Å². The predicted molar refractivity (Wildman–Crippen MR) is 104 cm³/mol. The fraction of sp³-hybridized carbons (Fsp3) is 0.350. The van der Waals surface area contributed by atoms with Crippen LogP contribution in [-0.4, -0.2) is 48.6 Å². The summed E-state index contributed by atoms with van der Waals surface area (Å²) in [5.41, 5.74) is 2.22. The number of aromatic nitrogens is 5. The van der Waals surface area contributed by atoms with Crippen LogP contribution in [0.3, 0.4) is 0 Å². The third kappa shape index (κ3) is 3.45. The van der Waals surface area contributed by atoms with Crippen LogP contribution in [0.1, 0.15) is 36.8 Å². The summed E-state index contributed by atoms with van der Waals surface area (Å²) in [4.78, 5) is 38.4. The molecule has 1 amide bonds. The van der Waals surface area contributed by atoms with Gasteiger partial charge in [0.15, 0.2) is 0 Å². The number of nitrogens with one attached hydrogen (secondary N) is 1. The van der Waals surface area contributed by atoms with E-state index in [2.05, 4.69) is 20.1 Å². The maximum absolute atomic E-state index is 12.9. The molecule has 8 nitrogen and oxygen atoms in total. The number of carbonyl (C=O) groups excluding carboxylic acids is 1. The molecule has 28 heavy (non-hydrogen) atoms. The zero-order valence-corrected chi connectivity index (χ0v) is 15.9. The summed E-state index contributed by atoms with van der Waals surface area (Å²) in [6.45, 7) is 4.96. The number of hydrogen-bond acceptors (Lipinski definition) is 5. The van der Waals surface area contributed by atoms with Gasteiger partial charge in [-0.2, -0.15) is 5.10 Å². The van der Waals surface area contributed by atoms with Crippen molar-refractivity contribution in [3.8, 4) is 11.3 Å². The van der Waals surface area contributed by atoms with Crippen molar-refractivity contribution in [3.63, 3.8) is 0 Å². The molecule has 8 heteroatoms. The van der Waals surface area contributed by atoms with E-state index in [1.807, 2.05) is 36.9 Å². The van der Waals surface area contributed by atoms with Crippen LogP contribution in [0.4, 0.5) is 0 Å². The summed E-state index contributed by atoms with van der Waals surface area (Å²) in [5, 5.41) is 4.25. The van der Waals surface area contributed by atoms with Crippen LogP contribution in [0.5, 0.6) is 0 Å². The van der Waals surface area contributed by atoms with Gasteiger partial charge in [0, 0.05) is 54.9 Å². The number of aryl methyl sites for hydroxylation is 1. The van der Waals surface area contributed by atoms with Gasteiger partial charge in [-0.15, -0.1) is 0 Å². The van der Waals surface area contributed by atoms with Crippen LogP contribution in [-0.2, 0) is 4.79 Å². The van der Waals surface area contributed by atoms with Crippen LogP contribution < -0.4 is 5.56 Å². The maximum Gasteiger partial charge on any atom is 0.251 e. The highest BCUT2D eigenvalue weighted by molar-refractivity contribution is 5.80. The zero-order chi connectivity index (χ0) is 19.7. The first-order valence-corrected chi connectivity index (χ1v) is 9.33. The lowest BCUT2D eigenvalue weighted by Gasteiger charge is -2.22. The lowest BCUT2D eigenvalue weighted by atomic mass is 10.1. The minimum atomic E-state index is -0.357. The third-order valence-electron chi connectivity index (χ3n) is 5.22. The number of aromatic amines is 1. The van der Waals surface area contributed by atoms with Gasteiger partial charge < -0.3 is 9.88 Å². The molecular weight excluding hydrogens is 356 g/mol. The SMILES string of the molecule is Cc1ccnn1[C@H](C)C(=O)N1CC[C@@H](c2nc(-c3ccncc3)cc(=O)[nH]2)C1. The zero-order valence-electron chi connectivity index (χ0n) is 15.9. The van der Waals surface area contributed by atoms with Crippen LogP contribution in [0.15, 0.2) is 47.7 Å². The Morgan fingerprint density at radius 2 is 2.04 bits per heavy atom. The summed E-state index contributed by atoms with van der Waals surface area (Å²) < 4.78 is 1.74. The molecule has 0 radical (unpaired) electrons. The highest BCUT2D eigenvalue weighted by Gasteiger charge is 2.32. The molecule has 0 aromatic carbocycles. The van der Waals surface area contributed by atoms with E-state index in [0.29, 0.717) is 24.6 Å². The van der Waals surface area contributed by atoms with E-state index in [9.17, 15) is 9.59 Å². The van der Waals surface area contributed by atoms with Crippen LogP contribution in [0.2, 0.25) is 0 Å². The average Bonchev–Trinajstić information content (AvgIpc) is 3.36. The van der Waals surface area contributed by atoms with E-state index < -0.39 is 0 Å². The molecule has 1 N–H and O–H groups in total. The van der Waals surface area contributed by atoms with Gasteiger partial charge >= 0.3 is 0 Å². The number of carbonyl (C=O) groups is 1. The van der Waals surface area contributed by atoms with Gasteiger partial charge in [-0.1, -0.05) is 0 Å². The van der Waals surface area contributed by atoms with E-state index in [-0.39, 0.29) is 23.4 Å². The highest BCUT2D eigenvalue weighted by Crippen LogP contribution is 2.27. The van der Waals surface area contributed by atoms with Crippen LogP contribution in [0, 0.1) is 6.92 Å². The number of amides is 1. The fourth-order valence-corrected chi connectivity index (χ4v) is 3.68. The Kier molecular flexibility index (Phi) is 4.77. The number of H-pyrrole nitrogens is 1. The Labute approximate surface area is 162 Å². The number of pyridine rings is 1. The highest BCUT2D eigenvalue weighted by atomic mass is 16.2. The smallest absolute Gasteiger partial charge is 0.251 e. The Bertz CT molecular complexity index is 1040. The molecule has 2 atom stereocenters. The van der Waals surface area contributed by atoms with Crippen molar-refractivity contribution >= 4 is 5.91 Å². The lowest BCUT2D eigenvalue weighted by Crippen LogP contribution is -2.35. The van der Waals surface area contributed by atoms with Gasteiger partial charge in [-0.3, -0.25) is 19.3 Å². The lowest BCUT2D eigenvalue weighted by molar-refractivity contribution is -0.133. The quantitative estimate of drug-likeness (QED) is 0.748. The van der Waals surface area contributed by atoms with Gasteiger partial charge in [0.2, 0.25) is 5.91 Å². The Morgan fingerprint density at radius 1 is 1.25 bits per heavy atom. The number of nitrogens with zero attached hydrogens (tertiary/aromatic N) is 5. The molecule has 0 saturated carbocycles. The van der Waals surface area contributed by atoms with Gasteiger partial charge in [0.25, 0.3) is 5.56 Å². The van der Waals surface area contributed by atoms with Crippen molar-refractivity contribution in [2.24, 2.45) is 0 Å². The molecule has 4 heterocycles.